The predicted octanol–water partition coefficient (Wildman–Crippen LogP) is 6.28. The molecule has 1 aliphatic heterocycles. The summed E-state index contributed by atoms with van der Waals surface area (Å²) in [5.74, 6) is 0.851. The van der Waals surface area contributed by atoms with Crippen LogP contribution in [0, 0.1) is 0 Å². The summed E-state index contributed by atoms with van der Waals surface area (Å²) in [6.45, 7) is 4.60. The van der Waals surface area contributed by atoms with Gasteiger partial charge in [-0.3, -0.25) is 4.90 Å². The van der Waals surface area contributed by atoms with Crippen LogP contribution in [0.25, 0.3) is 0 Å². The molecule has 2 amide bonds. The fraction of sp³-hybridized carbons (Fsp3) is 0.567. The van der Waals surface area contributed by atoms with Crippen LogP contribution in [0.5, 0.6) is 5.75 Å². The Bertz CT molecular complexity index is 949. The summed E-state index contributed by atoms with van der Waals surface area (Å²) in [5.41, 5.74) is 2.52. The first-order valence-corrected chi connectivity index (χ1v) is 13.4. The molecule has 35 heavy (non-hydrogen) atoms. The topological polar surface area (TPSA) is 36.0 Å². The highest BCUT2D eigenvalue weighted by atomic mass is 16.5. The fourth-order valence-corrected chi connectivity index (χ4v) is 6.29. The second-order valence-corrected chi connectivity index (χ2v) is 10.7. The zero-order chi connectivity index (χ0) is 24.9. The molecule has 190 valence electrons. The van der Waals surface area contributed by atoms with E-state index in [1.807, 2.05) is 12.1 Å². The average molecular weight is 478 g/mol. The molecule has 1 spiro atoms. The molecular formula is C30H43N3O2. The third-order valence-electron chi connectivity index (χ3n) is 8.50. The minimum Gasteiger partial charge on any atom is -0.497 e. The van der Waals surface area contributed by atoms with Crippen LogP contribution in [-0.4, -0.2) is 60.6 Å². The van der Waals surface area contributed by atoms with Crippen molar-refractivity contribution in [3.63, 3.8) is 0 Å². The van der Waals surface area contributed by atoms with E-state index in [1.165, 1.54) is 24.8 Å². The highest BCUT2D eigenvalue weighted by Gasteiger charge is 2.54. The maximum atomic E-state index is 13.8. The summed E-state index contributed by atoms with van der Waals surface area (Å²) in [6.07, 6.45) is 8.96. The van der Waals surface area contributed by atoms with E-state index in [-0.39, 0.29) is 17.1 Å². The van der Waals surface area contributed by atoms with Crippen LogP contribution in [0.3, 0.4) is 0 Å². The number of ether oxygens (including phenoxy) is 1. The monoisotopic (exact) mass is 477 g/mol. The van der Waals surface area contributed by atoms with Gasteiger partial charge < -0.3 is 14.5 Å². The molecule has 2 aliphatic rings. The van der Waals surface area contributed by atoms with Gasteiger partial charge in [-0.2, -0.15) is 0 Å². The molecule has 0 aromatic heterocycles. The van der Waals surface area contributed by atoms with Crippen LogP contribution in [0.15, 0.2) is 54.6 Å². The number of hydrogen-bond donors (Lipinski definition) is 0. The zero-order valence-corrected chi connectivity index (χ0v) is 22.1. The van der Waals surface area contributed by atoms with Gasteiger partial charge in [0.2, 0.25) is 0 Å². The normalized spacial score (nSPS) is 24.5. The Morgan fingerprint density at radius 3 is 2.20 bits per heavy atom. The van der Waals surface area contributed by atoms with Gasteiger partial charge in [0.15, 0.2) is 0 Å². The van der Waals surface area contributed by atoms with Crippen molar-refractivity contribution in [1.29, 1.82) is 0 Å². The Hall–Kier alpha value is -2.53. The van der Waals surface area contributed by atoms with Gasteiger partial charge in [-0.05, 0) is 69.5 Å². The quantitative estimate of drug-likeness (QED) is 0.378. The summed E-state index contributed by atoms with van der Waals surface area (Å²) in [7, 11) is 6.11. The van der Waals surface area contributed by atoms with Gasteiger partial charge in [0.05, 0.1) is 12.6 Å². The lowest BCUT2D eigenvalue weighted by molar-refractivity contribution is 0.0241. The molecular weight excluding hydrogens is 434 g/mol. The number of rotatable bonds is 10. The number of nitrogens with zero attached hydrogens (tertiary/aromatic N) is 3. The van der Waals surface area contributed by atoms with E-state index < -0.39 is 0 Å². The van der Waals surface area contributed by atoms with Crippen molar-refractivity contribution in [2.45, 2.75) is 75.9 Å². The molecule has 1 saturated heterocycles. The third-order valence-corrected chi connectivity index (χ3v) is 8.50. The van der Waals surface area contributed by atoms with Gasteiger partial charge in [0.1, 0.15) is 5.75 Å². The molecule has 0 N–H and O–H groups in total. The Morgan fingerprint density at radius 1 is 0.914 bits per heavy atom. The first-order valence-electron chi connectivity index (χ1n) is 13.4. The van der Waals surface area contributed by atoms with E-state index in [2.05, 4.69) is 78.2 Å². The summed E-state index contributed by atoms with van der Waals surface area (Å²) in [5, 5.41) is 0. The van der Waals surface area contributed by atoms with Crippen molar-refractivity contribution in [2.24, 2.45) is 0 Å². The number of urea groups is 1. The number of benzene rings is 2. The zero-order valence-electron chi connectivity index (χ0n) is 22.1. The van der Waals surface area contributed by atoms with Gasteiger partial charge >= 0.3 is 6.03 Å². The van der Waals surface area contributed by atoms with E-state index in [0.29, 0.717) is 6.54 Å². The lowest BCUT2D eigenvalue weighted by Gasteiger charge is -2.51. The van der Waals surface area contributed by atoms with Crippen molar-refractivity contribution in [2.75, 3.05) is 34.3 Å². The Labute approximate surface area is 212 Å². The molecule has 0 bridgehead atoms. The molecule has 5 heteroatoms. The number of hydrogen-bond acceptors (Lipinski definition) is 3. The molecule has 1 aliphatic carbocycles. The van der Waals surface area contributed by atoms with Gasteiger partial charge in [-0.15, -0.1) is 0 Å². The SMILES string of the molecule is CCCCCCN1C(=O)N(Cc2ccc(OC)cc2)CC12CCC(c1ccccc1)(N(C)C)CC2. The molecule has 0 atom stereocenters. The fourth-order valence-electron chi connectivity index (χ4n) is 6.29. The summed E-state index contributed by atoms with van der Waals surface area (Å²) in [6, 6.07) is 19.3. The Morgan fingerprint density at radius 2 is 1.60 bits per heavy atom. The van der Waals surface area contributed by atoms with Crippen molar-refractivity contribution in [1.82, 2.24) is 14.7 Å². The molecule has 5 nitrogen and oxygen atoms in total. The third kappa shape index (κ3) is 5.20. The molecule has 4 rings (SSSR count). The van der Waals surface area contributed by atoms with Gasteiger partial charge in [-0.1, -0.05) is 68.7 Å². The van der Waals surface area contributed by atoms with E-state index >= 15 is 0 Å². The van der Waals surface area contributed by atoms with Crippen molar-refractivity contribution in [3.05, 3.63) is 65.7 Å². The first kappa shape index (κ1) is 25.6. The van der Waals surface area contributed by atoms with Gasteiger partial charge in [-0.25, -0.2) is 4.79 Å². The highest BCUT2D eigenvalue weighted by Crippen LogP contribution is 2.49. The molecule has 1 heterocycles. The van der Waals surface area contributed by atoms with E-state index in [1.54, 1.807) is 7.11 Å². The van der Waals surface area contributed by atoms with Gasteiger partial charge in [0.25, 0.3) is 0 Å². The van der Waals surface area contributed by atoms with Crippen molar-refractivity contribution < 1.29 is 9.53 Å². The molecule has 2 fully saturated rings. The lowest BCUT2D eigenvalue weighted by atomic mass is 9.68. The van der Waals surface area contributed by atoms with Crippen LogP contribution >= 0.6 is 0 Å². The minimum absolute atomic E-state index is 0.0346. The van der Waals surface area contributed by atoms with Gasteiger partial charge in [0, 0.05) is 25.2 Å². The van der Waals surface area contributed by atoms with Crippen LogP contribution in [0.2, 0.25) is 0 Å². The average Bonchev–Trinajstić information content (AvgIpc) is 3.13. The minimum atomic E-state index is -0.0654. The first-order chi connectivity index (χ1) is 16.9. The molecule has 0 unspecified atom stereocenters. The second kappa shape index (κ2) is 11.0. The standard InChI is InChI=1S/C30H43N3O2/c1-5-6-7-11-22-33-28(34)32(23-25-14-16-27(35-4)17-15-25)24-29(33)18-20-30(21-19-29,31(2)3)26-12-9-8-10-13-26/h8-10,12-17H,5-7,11,18-24H2,1-4H3. The summed E-state index contributed by atoms with van der Waals surface area (Å²) < 4.78 is 5.31. The largest absolute Gasteiger partial charge is 0.497 e. The van der Waals surface area contributed by atoms with E-state index in [0.717, 1.165) is 56.5 Å². The summed E-state index contributed by atoms with van der Waals surface area (Å²) in [4.78, 5) is 20.5. The smallest absolute Gasteiger partial charge is 0.320 e. The highest BCUT2D eigenvalue weighted by molar-refractivity contribution is 5.78. The lowest BCUT2D eigenvalue weighted by Crippen LogP contribution is -2.55. The van der Waals surface area contributed by atoms with E-state index in [4.69, 9.17) is 4.74 Å². The van der Waals surface area contributed by atoms with Crippen molar-refractivity contribution in [3.8, 4) is 5.75 Å². The van der Waals surface area contributed by atoms with Crippen LogP contribution in [-0.2, 0) is 12.1 Å². The number of methoxy groups -OCH3 is 1. The second-order valence-electron chi connectivity index (χ2n) is 10.7. The van der Waals surface area contributed by atoms with Crippen LogP contribution in [0.1, 0.15) is 69.4 Å². The predicted molar refractivity (Wildman–Crippen MR) is 143 cm³/mol. The Balaban J connectivity index is 1.55. The van der Waals surface area contributed by atoms with Crippen molar-refractivity contribution >= 4 is 6.03 Å². The number of carbonyl (C=O) groups is 1. The van der Waals surface area contributed by atoms with Crippen LogP contribution in [0.4, 0.5) is 4.79 Å². The van der Waals surface area contributed by atoms with Crippen LogP contribution < -0.4 is 4.74 Å². The molecule has 0 radical (unpaired) electrons. The molecule has 2 aromatic rings. The number of carbonyl (C=O) groups excluding carboxylic acids is 1. The maximum Gasteiger partial charge on any atom is 0.320 e. The molecule has 1 saturated carbocycles. The summed E-state index contributed by atoms with van der Waals surface area (Å²) >= 11 is 0. The number of unbranched alkanes of at least 4 members (excludes halogenated alkanes) is 3. The number of amides is 2. The maximum absolute atomic E-state index is 13.8. The van der Waals surface area contributed by atoms with E-state index in [9.17, 15) is 4.79 Å². The Kier molecular flexibility index (Phi) is 8.05. The molecule has 2 aromatic carbocycles.